The Morgan fingerprint density at radius 2 is 1.68 bits per heavy atom. The van der Waals surface area contributed by atoms with Crippen LogP contribution in [0.4, 0.5) is 0 Å². The number of carbonyl (C=O) groups excluding carboxylic acids is 4. The fourth-order valence-electron chi connectivity index (χ4n) is 7.64. The topological polar surface area (TPSA) is 226 Å². The van der Waals surface area contributed by atoms with E-state index >= 15 is 0 Å². The molecule has 9 atom stereocenters. The molecule has 2 rings (SSSR count). The van der Waals surface area contributed by atoms with E-state index in [1.807, 2.05) is 65.7 Å². The lowest BCUT2D eigenvalue weighted by Gasteiger charge is -2.40. The predicted molar refractivity (Wildman–Crippen MR) is 230 cm³/mol. The fraction of sp³-hybridized carbons (Fsp3) is 0.816. The highest BCUT2D eigenvalue weighted by molar-refractivity contribution is 7.90. The normalized spacial score (nSPS) is 18.0. The SMILES string of the molecule is CC[C@H](C)[C@@H]([C@@H](CC(=O)N1CCC[C@H]1[C@H](OC)[C@@H](C)C(=O)N[C@@H](CP)C(=O)NS(=O)(=O)CCCn1cc(CON)[nH]1)OC)N(C)C(=O)[C@@H](N=C(N(C)C)N(C)C)C(C)C. The van der Waals surface area contributed by atoms with Crippen LogP contribution in [0.5, 0.6) is 0 Å². The van der Waals surface area contributed by atoms with Crippen molar-refractivity contribution in [3.05, 3.63) is 11.9 Å². The number of nitrogens with zero attached hydrogens (tertiary/aromatic N) is 6. The number of amides is 4. The monoisotopic (exact) mass is 877 g/mol. The zero-order chi connectivity index (χ0) is 44.8. The number of nitrogens with one attached hydrogen (secondary N) is 3. The smallest absolute Gasteiger partial charge is 0.256 e. The molecular weight excluding hydrogens is 804 g/mol. The van der Waals surface area contributed by atoms with Crippen molar-refractivity contribution in [2.45, 2.75) is 116 Å². The molecule has 0 radical (unpaired) electrons. The van der Waals surface area contributed by atoms with Crippen LogP contribution in [0.1, 0.15) is 72.4 Å². The summed E-state index contributed by atoms with van der Waals surface area (Å²) in [5.41, 5.74) is 0.754. The summed E-state index contributed by atoms with van der Waals surface area (Å²) in [5, 5.41) is 5.64. The molecule has 1 fully saturated rings. The number of aromatic nitrogens is 2. The van der Waals surface area contributed by atoms with Crippen LogP contribution in [-0.2, 0) is 56.7 Å². The number of nitrogens with two attached hydrogens (primary N) is 1. The van der Waals surface area contributed by atoms with Gasteiger partial charge in [0, 0.05) is 68.7 Å². The lowest BCUT2D eigenvalue weighted by atomic mass is 9.89. The first-order chi connectivity index (χ1) is 27.7. The highest BCUT2D eigenvalue weighted by Gasteiger charge is 2.43. The number of likely N-dealkylation sites (tertiary alicyclic amines) is 1. The Kier molecular flexibility index (Phi) is 21.3. The molecule has 0 aliphatic carbocycles. The number of hydrogen-bond donors (Lipinski definition) is 4. The van der Waals surface area contributed by atoms with Gasteiger partial charge in [-0.2, -0.15) is 0 Å². The number of methoxy groups -OCH3 is 2. The third-order valence-corrected chi connectivity index (χ3v) is 12.8. The van der Waals surface area contributed by atoms with E-state index in [9.17, 15) is 27.6 Å². The van der Waals surface area contributed by atoms with Gasteiger partial charge in [0.2, 0.25) is 27.7 Å². The van der Waals surface area contributed by atoms with Gasteiger partial charge in [0.15, 0.2) is 5.96 Å². The summed E-state index contributed by atoms with van der Waals surface area (Å²) in [7, 11) is 10.7. The third kappa shape index (κ3) is 14.7. The lowest BCUT2D eigenvalue weighted by Crippen LogP contribution is -2.56. The van der Waals surface area contributed by atoms with Gasteiger partial charge in [0.1, 0.15) is 18.7 Å². The van der Waals surface area contributed by atoms with Gasteiger partial charge in [-0.3, -0.25) is 38.5 Å². The number of rotatable bonds is 24. The van der Waals surface area contributed by atoms with Crippen molar-refractivity contribution in [1.82, 2.24) is 39.4 Å². The van der Waals surface area contributed by atoms with Crippen molar-refractivity contribution in [1.29, 1.82) is 0 Å². The van der Waals surface area contributed by atoms with E-state index in [0.29, 0.717) is 31.9 Å². The molecule has 1 saturated heterocycles. The Morgan fingerprint density at radius 3 is 2.19 bits per heavy atom. The number of carbonyl (C=O) groups is 4. The number of likely N-dealkylation sites (N-methyl/N-ethyl adjacent to an activating group) is 1. The molecule has 0 bridgehead atoms. The van der Waals surface area contributed by atoms with E-state index in [0.717, 1.165) is 12.1 Å². The summed E-state index contributed by atoms with van der Waals surface area (Å²) >= 11 is 0. The number of aryl methyl sites for hydroxylation is 1. The lowest BCUT2D eigenvalue weighted by molar-refractivity contribution is -0.146. The third-order valence-electron chi connectivity index (χ3n) is 11.0. The van der Waals surface area contributed by atoms with Crippen molar-refractivity contribution >= 4 is 48.9 Å². The summed E-state index contributed by atoms with van der Waals surface area (Å²) < 4.78 is 41.1. The summed E-state index contributed by atoms with van der Waals surface area (Å²) in [6, 6.07) is -2.72. The van der Waals surface area contributed by atoms with E-state index in [1.165, 1.54) is 7.11 Å². The van der Waals surface area contributed by atoms with Crippen LogP contribution in [0.3, 0.4) is 0 Å². The molecule has 4 amide bonds. The van der Waals surface area contributed by atoms with Gasteiger partial charge >= 0.3 is 0 Å². The Hall–Kier alpha value is -3.29. The van der Waals surface area contributed by atoms with Crippen molar-refractivity contribution in [2.75, 3.05) is 67.9 Å². The molecule has 1 aromatic heterocycles. The van der Waals surface area contributed by atoms with Crippen molar-refractivity contribution < 1.29 is 41.9 Å². The number of ether oxygens (including phenoxy) is 2. The molecule has 2 heterocycles. The largest absolute Gasteiger partial charge is 0.379 e. The minimum atomic E-state index is -3.99. The van der Waals surface area contributed by atoms with Gasteiger partial charge < -0.3 is 34.4 Å². The molecule has 1 aromatic rings. The van der Waals surface area contributed by atoms with Crippen LogP contribution in [0.25, 0.3) is 0 Å². The van der Waals surface area contributed by atoms with Crippen molar-refractivity contribution in [3.8, 4) is 0 Å². The molecule has 19 nitrogen and oxygen atoms in total. The van der Waals surface area contributed by atoms with Gasteiger partial charge in [0.25, 0.3) is 5.91 Å². The first-order valence-electron chi connectivity index (χ1n) is 20.3. The fourth-order valence-corrected chi connectivity index (χ4v) is 9.03. The van der Waals surface area contributed by atoms with Crippen LogP contribution in [0.15, 0.2) is 11.2 Å². The molecule has 21 heteroatoms. The van der Waals surface area contributed by atoms with E-state index in [-0.39, 0.29) is 55.0 Å². The van der Waals surface area contributed by atoms with E-state index in [2.05, 4.69) is 29.2 Å². The molecule has 0 spiro atoms. The predicted octanol–water partition coefficient (Wildman–Crippen LogP) is 0.827. The number of H-pyrrole nitrogens is 1. The Bertz CT molecular complexity index is 1610. The number of aromatic amines is 1. The molecular formula is C38H73N10O9PS. The van der Waals surface area contributed by atoms with E-state index in [1.54, 1.807) is 41.8 Å². The molecule has 5 N–H and O–H groups in total. The number of sulfonamides is 1. The first kappa shape index (κ1) is 51.8. The minimum absolute atomic E-state index is 0.00774. The van der Waals surface area contributed by atoms with Crippen LogP contribution < -0.4 is 15.9 Å². The summed E-state index contributed by atoms with van der Waals surface area (Å²) in [6.45, 7) is 10.7. The van der Waals surface area contributed by atoms with Gasteiger partial charge in [-0.1, -0.05) is 41.0 Å². The molecule has 1 unspecified atom stereocenters. The summed E-state index contributed by atoms with van der Waals surface area (Å²) in [6.07, 6.45) is 2.65. The molecule has 1 aliphatic rings. The molecule has 0 saturated carbocycles. The average molecular weight is 877 g/mol. The molecule has 59 heavy (non-hydrogen) atoms. The van der Waals surface area contributed by atoms with Crippen molar-refractivity contribution in [2.24, 2.45) is 28.6 Å². The number of hydrogen-bond acceptors (Lipinski definition) is 11. The standard InChI is InChI=1S/C38H73N10O9PS/c1-13-25(4)33(46(10)37(52)32(24(2)3)41-38(44(6)7)45(8)9)30(55-11)20-31(49)48-18-14-16-29(48)34(56-12)26(5)35(50)40-28(23-58)36(51)43-59(53,54)19-15-17-47-21-27(42-47)22-57-39/h21,24-26,28-30,32-34,42H,13-20,22-23,39,58H2,1-12H3,(H,40,50)(H,43,51)/t25-,26+,28-,29-,30+,32-,33-,34+/m0/s1. The molecule has 340 valence electrons. The van der Waals surface area contributed by atoms with Crippen LogP contribution >= 0.6 is 9.24 Å². The second-order valence-electron chi connectivity index (χ2n) is 16.2. The van der Waals surface area contributed by atoms with Gasteiger partial charge in [-0.25, -0.2) is 19.3 Å². The Balaban J connectivity index is 2.18. The maximum atomic E-state index is 14.2. The second kappa shape index (κ2) is 24.2. The van der Waals surface area contributed by atoms with Crippen LogP contribution in [-0.4, -0.2) is 172 Å². The first-order valence-corrected chi connectivity index (χ1v) is 22.8. The Labute approximate surface area is 354 Å². The number of aliphatic imine (C=N–C) groups is 1. The van der Waals surface area contributed by atoms with Gasteiger partial charge in [-0.05, 0) is 37.3 Å². The second-order valence-corrected chi connectivity index (χ2v) is 18.5. The maximum Gasteiger partial charge on any atom is 0.256 e. The van der Waals surface area contributed by atoms with Crippen molar-refractivity contribution in [3.63, 3.8) is 0 Å². The Morgan fingerprint density at radius 1 is 1.05 bits per heavy atom. The van der Waals surface area contributed by atoms with Gasteiger partial charge in [0.05, 0.1) is 48.1 Å². The molecule has 0 aromatic carbocycles. The average Bonchev–Trinajstić information content (AvgIpc) is 3.64. The summed E-state index contributed by atoms with van der Waals surface area (Å²) in [4.78, 5) is 71.7. The zero-order valence-electron chi connectivity index (χ0n) is 37.3. The minimum Gasteiger partial charge on any atom is -0.379 e. The quantitative estimate of drug-likeness (QED) is 0.0491. The summed E-state index contributed by atoms with van der Waals surface area (Å²) in [5.74, 6) is 2.72. The van der Waals surface area contributed by atoms with Crippen LogP contribution in [0, 0.1) is 17.8 Å². The van der Waals surface area contributed by atoms with Gasteiger partial charge in [-0.15, -0.1) is 9.24 Å². The number of guanidine groups is 1. The highest BCUT2D eigenvalue weighted by Crippen LogP contribution is 2.30. The molecule has 1 aliphatic heterocycles. The van der Waals surface area contributed by atoms with E-state index < -0.39 is 64.1 Å². The maximum absolute atomic E-state index is 14.2. The van der Waals surface area contributed by atoms with E-state index in [4.69, 9.17) is 20.4 Å². The highest BCUT2D eigenvalue weighted by atomic mass is 32.2. The van der Waals surface area contributed by atoms with Crippen LogP contribution in [0.2, 0.25) is 0 Å². The zero-order valence-corrected chi connectivity index (χ0v) is 39.2.